The fourth-order valence-electron chi connectivity index (χ4n) is 2.55. The lowest BCUT2D eigenvalue weighted by atomic mass is 10.2. The van der Waals surface area contributed by atoms with Gasteiger partial charge in [-0.2, -0.15) is 5.10 Å². The molecule has 0 spiro atoms. The predicted octanol–water partition coefficient (Wildman–Crippen LogP) is 0.782. The summed E-state index contributed by atoms with van der Waals surface area (Å²) < 4.78 is 24.2. The molecule has 0 bridgehead atoms. The zero-order valence-electron chi connectivity index (χ0n) is 10.8. The predicted molar refractivity (Wildman–Crippen MR) is 71.1 cm³/mol. The number of likely N-dealkylation sites (tertiary alicyclic amines) is 1. The second-order valence-corrected chi connectivity index (χ2v) is 7.30. The highest BCUT2D eigenvalue weighted by molar-refractivity contribution is 7.90. The normalized spacial score (nSPS) is 21.5. The Hall–Kier alpha value is -0.880. The second-order valence-electron chi connectivity index (χ2n) is 5.04. The van der Waals surface area contributed by atoms with Crippen LogP contribution in [0.4, 0.5) is 0 Å². The van der Waals surface area contributed by atoms with Crippen LogP contribution in [0.5, 0.6) is 0 Å². The fraction of sp³-hybridized carbons (Fsp3) is 0.750. The smallest absolute Gasteiger partial charge is 0.147 e. The van der Waals surface area contributed by atoms with Crippen LogP contribution in [0.2, 0.25) is 0 Å². The SMILES string of the molecule is CS(=O)(=O)CCCN1CCCC1Cn1cccn1. The Labute approximate surface area is 109 Å². The summed E-state index contributed by atoms with van der Waals surface area (Å²) in [5.41, 5.74) is 0. The third kappa shape index (κ3) is 4.10. The molecule has 1 aliphatic heterocycles. The molecule has 1 unspecified atom stereocenters. The van der Waals surface area contributed by atoms with E-state index in [1.54, 1.807) is 6.20 Å². The molecule has 1 saturated heterocycles. The van der Waals surface area contributed by atoms with Gasteiger partial charge in [0.1, 0.15) is 9.84 Å². The molecule has 0 saturated carbocycles. The van der Waals surface area contributed by atoms with E-state index in [0.717, 1.165) is 26.1 Å². The van der Waals surface area contributed by atoms with E-state index >= 15 is 0 Å². The highest BCUT2D eigenvalue weighted by Gasteiger charge is 2.24. The number of hydrogen-bond donors (Lipinski definition) is 0. The molecule has 2 rings (SSSR count). The summed E-state index contributed by atoms with van der Waals surface area (Å²) in [5.74, 6) is 0.290. The minimum absolute atomic E-state index is 0.290. The Morgan fingerprint density at radius 3 is 2.94 bits per heavy atom. The van der Waals surface area contributed by atoms with Gasteiger partial charge in [0, 0.05) is 24.7 Å². The van der Waals surface area contributed by atoms with E-state index in [1.807, 2.05) is 16.9 Å². The van der Waals surface area contributed by atoms with E-state index in [9.17, 15) is 8.42 Å². The van der Waals surface area contributed by atoms with Gasteiger partial charge in [-0.3, -0.25) is 9.58 Å². The van der Waals surface area contributed by atoms with Gasteiger partial charge in [0.25, 0.3) is 0 Å². The van der Waals surface area contributed by atoms with Crippen LogP contribution in [0.3, 0.4) is 0 Å². The van der Waals surface area contributed by atoms with Crippen LogP contribution in [0.25, 0.3) is 0 Å². The molecule has 0 amide bonds. The van der Waals surface area contributed by atoms with Gasteiger partial charge in [-0.15, -0.1) is 0 Å². The Bertz CT molecular complexity index is 456. The lowest BCUT2D eigenvalue weighted by Gasteiger charge is -2.24. The molecule has 1 aliphatic rings. The van der Waals surface area contributed by atoms with Crippen LogP contribution in [0.1, 0.15) is 19.3 Å². The molecule has 0 N–H and O–H groups in total. The van der Waals surface area contributed by atoms with Crippen molar-refractivity contribution in [3.63, 3.8) is 0 Å². The number of nitrogens with zero attached hydrogens (tertiary/aromatic N) is 3. The molecule has 0 aliphatic carbocycles. The van der Waals surface area contributed by atoms with Gasteiger partial charge in [-0.25, -0.2) is 8.42 Å². The van der Waals surface area contributed by atoms with Crippen molar-refractivity contribution in [3.8, 4) is 0 Å². The first-order valence-electron chi connectivity index (χ1n) is 6.44. The van der Waals surface area contributed by atoms with Crippen molar-refractivity contribution < 1.29 is 8.42 Å². The number of sulfone groups is 1. The van der Waals surface area contributed by atoms with Crippen LogP contribution in [-0.2, 0) is 16.4 Å². The lowest BCUT2D eigenvalue weighted by Crippen LogP contribution is -2.34. The third-order valence-electron chi connectivity index (χ3n) is 3.42. The highest BCUT2D eigenvalue weighted by atomic mass is 32.2. The van der Waals surface area contributed by atoms with Gasteiger partial charge in [-0.1, -0.05) is 0 Å². The molecule has 6 heteroatoms. The van der Waals surface area contributed by atoms with Gasteiger partial charge >= 0.3 is 0 Å². The van der Waals surface area contributed by atoms with Gasteiger partial charge in [-0.05, 0) is 38.4 Å². The number of rotatable bonds is 6. The fourth-order valence-corrected chi connectivity index (χ4v) is 3.20. The van der Waals surface area contributed by atoms with Crippen molar-refractivity contribution in [2.45, 2.75) is 31.8 Å². The Kier molecular flexibility index (Phi) is 4.40. The zero-order chi connectivity index (χ0) is 13.0. The van der Waals surface area contributed by atoms with Crippen LogP contribution in [-0.4, -0.2) is 54.2 Å². The Morgan fingerprint density at radius 2 is 2.28 bits per heavy atom. The average molecular weight is 271 g/mol. The van der Waals surface area contributed by atoms with E-state index in [4.69, 9.17) is 0 Å². The molecule has 2 heterocycles. The van der Waals surface area contributed by atoms with E-state index < -0.39 is 9.84 Å². The number of hydrogen-bond acceptors (Lipinski definition) is 4. The molecule has 1 atom stereocenters. The van der Waals surface area contributed by atoms with Gasteiger partial charge < -0.3 is 0 Å². The highest BCUT2D eigenvalue weighted by Crippen LogP contribution is 2.18. The molecule has 5 nitrogen and oxygen atoms in total. The second kappa shape index (κ2) is 5.84. The molecule has 18 heavy (non-hydrogen) atoms. The number of aromatic nitrogens is 2. The summed E-state index contributed by atoms with van der Waals surface area (Å²) in [6.45, 7) is 2.86. The molecule has 1 aromatic rings. The summed E-state index contributed by atoms with van der Waals surface area (Å²) >= 11 is 0. The molecular weight excluding hydrogens is 250 g/mol. The maximum Gasteiger partial charge on any atom is 0.147 e. The zero-order valence-corrected chi connectivity index (χ0v) is 11.6. The van der Waals surface area contributed by atoms with Crippen molar-refractivity contribution >= 4 is 9.84 Å². The summed E-state index contributed by atoms with van der Waals surface area (Å²) in [7, 11) is -2.83. The largest absolute Gasteiger partial charge is 0.299 e. The standard InChI is InChI=1S/C12H21N3O2S/c1-18(16,17)10-4-8-14-7-2-5-12(14)11-15-9-3-6-13-15/h3,6,9,12H,2,4-5,7-8,10-11H2,1H3. The van der Waals surface area contributed by atoms with Gasteiger partial charge in [0.2, 0.25) is 0 Å². The van der Waals surface area contributed by atoms with Crippen LogP contribution < -0.4 is 0 Å². The summed E-state index contributed by atoms with van der Waals surface area (Å²) in [4.78, 5) is 2.40. The van der Waals surface area contributed by atoms with Crippen LogP contribution in [0.15, 0.2) is 18.5 Å². The molecule has 0 radical (unpaired) electrons. The minimum atomic E-state index is -2.83. The molecule has 0 aromatic carbocycles. The van der Waals surface area contributed by atoms with E-state index in [1.165, 1.54) is 19.1 Å². The minimum Gasteiger partial charge on any atom is -0.299 e. The van der Waals surface area contributed by atoms with Crippen LogP contribution >= 0.6 is 0 Å². The van der Waals surface area contributed by atoms with Crippen molar-refractivity contribution in [1.82, 2.24) is 14.7 Å². The molecule has 1 fully saturated rings. The van der Waals surface area contributed by atoms with Crippen molar-refractivity contribution in [3.05, 3.63) is 18.5 Å². The quantitative estimate of drug-likeness (QED) is 0.767. The summed E-state index contributed by atoms with van der Waals surface area (Å²) in [6, 6.07) is 2.44. The van der Waals surface area contributed by atoms with E-state index in [2.05, 4.69) is 10.00 Å². The van der Waals surface area contributed by atoms with Crippen molar-refractivity contribution in [2.75, 3.05) is 25.1 Å². The monoisotopic (exact) mass is 271 g/mol. The lowest BCUT2D eigenvalue weighted by molar-refractivity contribution is 0.228. The Morgan fingerprint density at radius 1 is 1.44 bits per heavy atom. The van der Waals surface area contributed by atoms with E-state index in [0.29, 0.717) is 6.04 Å². The topological polar surface area (TPSA) is 55.2 Å². The average Bonchev–Trinajstić information content (AvgIpc) is 2.90. The molecular formula is C12H21N3O2S. The van der Waals surface area contributed by atoms with Crippen molar-refractivity contribution in [2.24, 2.45) is 0 Å². The van der Waals surface area contributed by atoms with Crippen molar-refractivity contribution in [1.29, 1.82) is 0 Å². The molecule has 102 valence electrons. The Balaban J connectivity index is 1.80. The van der Waals surface area contributed by atoms with Gasteiger partial charge in [0.05, 0.1) is 12.3 Å². The third-order valence-corrected chi connectivity index (χ3v) is 4.45. The maximum absolute atomic E-state index is 11.1. The molecule has 1 aromatic heterocycles. The van der Waals surface area contributed by atoms with Crippen LogP contribution in [0, 0.1) is 0 Å². The maximum atomic E-state index is 11.1. The van der Waals surface area contributed by atoms with Gasteiger partial charge in [0.15, 0.2) is 0 Å². The first-order chi connectivity index (χ1) is 8.54. The first kappa shape index (κ1) is 13.5. The first-order valence-corrected chi connectivity index (χ1v) is 8.50. The van der Waals surface area contributed by atoms with E-state index in [-0.39, 0.29) is 5.75 Å². The summed E-state index contributed by atoms with van der Waals surface area (Å²) in [5, 5.41) is 4.23. The summed E-state index contributed by atoms with van der Waals surface area (Å²) in [6.07, 6.45) is 8.19.